The predicted molar refractivity (Wildman–Crippen MR) is 93.6 cm³/mol. The Labute approximate surface area is 129 Å². The van der Waals surface area contributed by atoms with E-state index in [9.17, 15) is 0 Å². The largest absolute Gasteiger partial charge is 0.339 e. The normalized spacial score (nSPS) is 11.8. The first-order valence-corrected chi connectivity index (χ1v) is 7.75. The standard InChI is InChI=1S/C20H27N/c1-15(2)21(19-9-7-8-16(3)14-19)18-12-10-17(11-13-18)20(4,5)6/h7-15H,1-6H3. The Kier molecular flexibility index (Phi) is 4.41. The molecule has 0 fully saturated rings. The van der Waals surface area contributed by atoms with Crippen molar-refractivity contribution in [2.24, 2.45) is 0 Å². The van der Waals surface area contributed by atoms with Gasteiger partial charge in [-0.1, -0.05) is 45.0 Å². The highest BCUT2D eigenvalue weighted by atomic mass is 15.2. The Bertz CT molecular complexity index is 588. The second-order valence-corrected chi connectivity index (χ2v) is 7.10. The molecule has 0 radical (unpaired) electrons. The van der Waals surface area contributed by atoms with Crippen LogP contribution >= 0.6 is 0 Å². The first-order valence-electron chi connectivity index (χ1n) is 7.75. The molecule has 1 heteroatoms. The summed E-state index contributed by atoms with van der Waals surface area (Å²) in [5, 5.41) is 0. The van der Waals surface area contributed by atoms with E-state index in [-0.39, 0.29) is 5.41 Å². The van der Waals surface area contributed by atoms with Crippen LogP contribution in [0.2, 0.25) is 0 Å². The summed E-state index contributed by atoms with van der Waals surface area (Å²) < 4.78 is 0. The third kappa shape index (κ3) is 3.66. The Morgan fingerprint density at radius 1 is 0.857 bits per heavy atom. The van der Waals surface area contributed by atoms with E-state index in [2.05, 4.69) is 95.0 Å². The van der Waals surface area contributed by atoms with Crippen molar-refractivity contribution in [1.29, 1.82) is 0 Å². The second kappa shape index (κ2) is 5.93. The minimum atomic E-state index is 0.199. The van der Waals surface area contributed by atoms with Crippen molar-refractivity contribution >= 4 is 11.4 Å². The van der Waals surface area contributed by atoms with Crippen LogP contribution in [-0.4, -0.2) is 6.04 Å². The van der Waals surface area contributed by atoms with Crippen molar-refractivity contribution in [3.05, 3.63) is 59.7 Å². The number of rotatable bonds is 3. The third-order valence-electron chi connectivity index (χ3n) is 3.81. The molecular weight excluding hydrogens is 254 g/mol. The average molecular weight is 281 g/mol. The highest BCUT2D eigenvalue weighted by molar-refractivity contribution is 5.65. The van der Waals surface area contributed by atoms with E-state index >= 15 is 0 Å². The van der Waals surface area contributed by atoms with Gasteiger partial charge in [0.15, 0.2) is 0 Å². The van der Waals surface area contributed by atoms with Crippen molar-refractivity contribution in [2.45, 2.75) is 53.0 Å². The molecule has 2 rings (SSSR count). The Hall–Kier alpha value is -1.76. The van der Waals surface area contributed by atoms with Gasteiger partial charge in [-0.25, -0.2) is 0 Å². The highest BCUT2D eigenvalue weighted by Crippen LogP contribution is 2.31. The average Bonchev–Trinajstić information content (AvgIpc) is 2.38. The van der Waals surface area contributed by atoms with Gasteiger partial charge in [0.05, 0.1) is 0 Å². The molecule has 0 spiro atoms. The highest BCUT2D eigenvalue weighted by Gasteiger charge is 2.16. The van der Waals surface area contributed by atoms with Crippen LogP contribution in [0.25, 0.3) is 0 Å². The maximum Gasteiger partial charge on any atom is 0.0415 e. The smallest absolute Gasteiger partial charge is 0.0415 e. The Balaban J connectivity index is 2.40. The molecule has 0 saturated carbocycles. The second-order valence-electron chi connectivity index (χ2n) is 7.10. The topological polar surface area (TPSA) is 3.24 Å². The maximum atomic E-state index is 2.39. The van der Waals surface area contributed by atoms with E-state index in [0.29, 0.717) is 6.04 Å². The van der Waals surface area contributed by atoms with Crippen molar-refractivity contribution in [1.82, 2.24) is 0 Å². The van der Waals surface area contributed by atoms with Crippen LogP contribution < -0.4 is 4.90 Å². The van der Waals surface area contributed by atoms with Gasteiger partial charge in [-0.2, -0.15) is 0 Å². The molecule has 1 nitrogen and oxygen atoms in total. The molecule has 2 aromatic rings. The Morgan fingerprint density at radius 2 is 1.48 bits per heavy atom. The van der Waals surface area contributed by atoms with Crippen molar-refractivity contribution < 1.29 is 0 Å². The molecule has 0 aromatic heterocycles. The minimum absolute atomic E-state index is 0.199. The molecule has 0 unspecified atom stereocenters. The van der Waals surface area contributed by atoms with E-state index in [1.165, 1.54) is 22.5 Å². The predicted octanol–water partition coefficient (Wildman–Crippen LogP) is 5.84. The zero-order chi connectivity index (χ0) is 15.6. The molecular formula is C20H27N. The molecule has 0 aliphatic heterocycles. The van der Waals surface area contributed by atoms with Gasteiger partial charge in [-0.3, -0.25) is 0 Å². The number of nitrogens with zero attached hydrogens (tertiary/aromatic N) is 1. The third-order valence-corrected chi connectivity index (χ3v) is 3.81. The molecule has 0 heterocycles. The number of benzene rings is 2. The van der Waals surface area contributed by atoms with Gasteiger partial charge in [0.2, 0.25) is 0 Å². The van der Waals surface area contributed by atoms with Crippen LogP contribution in [0, 0.1) is 6.92 Å². The molecule has 0 aliphatic carbocycles. The molecule has 0 bridgehead atoms. The van der Waals surface area contributed by atoms with Crippen LogP contribution in [0.5, 0.6) is 0 Å². The lowest BCUT2D eigenvalue weighted by Gasteiger charge is -2.30. The fourth-order valence-electron chi connectivity index (χ4n) is 2.65. The van der Waals surface area contributed by atoms with Gasteiger partial charge in [0, 0.05) is 17.4 Å². The lowest BCUT2D eigenvalue weighted by Crippen LogP contribution is -2.25. The van der Waals surface area contributed by atoms with Crippen LogP contribution in [0.3, 0.4) is 0 Å². The molecule has 112 valence electrons. The fourth-order valence-corrected chi connectivity index (χ4v) is 2.65. The lowest BCUT2D eigenvalue weighted by molar-refractivity contribution is 0.590. The van der Waals surface area contributed by atoms with Gasteiger partial charge in [-0.15, -0.1) is 0 Å². The van der Waals surface area contributed by atoms with Crippen LogP contribution in [-0.2, 0) is 5.41 Å². The molecule has 21 heavy (non-hydrogen) atoms. The van der Waals surface area contributed by atoms with Crippen LogP contribution in [0.4, 0.5) is 11.4 Å². The van der Waals surface area contributed by atoms with Crippen LogP contribution in [0.1, 0.15) is 45.7 Å². The summed E-state index contributed by atoms with van der Waals surface area (Å²) in [5.41, 5.74) is 5.38. The molecule has 0 aliphatic rings. The van der Waals surface area contributed by atoms with Gasteiger partial charge in [0.25, 0.3) is 0 Å². The molecule has 0 atom stereocenters. The van der Waals surface area contributed by atoms with Crippen molar-refractivity contribution in [3.8, 4) is 0 Å². The van der Waals surface area contributed by atoms with Crippen molar-refractivity contribution in [3.63, 3.8) is 0 Å². The van der Waals surface area contributed by atoms with E-state index in [1.54, 1.807) is 0 Å². The summed E-state index contributed by atoms with van der Waals surface area (Å²) in [6.07, 6.45) is 0. The zero-order valence-corrected chi connectivity index (χ0v) is 14.1. The Morgan fingerprint density at radius 3 is 1.95 bits per heavy atom. The lowest BCUT2D eigenvalue weighted by atomic mass is 9.87. The fraction of sp³-hybridized carbons (Fsp3) is 0.400. The SMILES string of the molecule is Cc1cccc(N(c2ccc(C(C)(C)C)cc2)C(C)C)c1. The number of hydrogen-bond acceptors (Lipinski definition) is 1. The minimum Gasteiger partial charge on any atom is -0.339 e. The summed E-state index contributed by atoms with van der Waals surface area (Å²) >= 11 is 0. The van der Waals surface area contributed by atoms with E-state index < -0.39 is 0 Å². The summed E-state index contributed by atoms with van der Waals surface area (Å²) in [6.45, 7) is 13.4. The zero-order valence-electron chi connectivity index (χ0n) is 14.1. The van der Waals surface area contributed by atoms with Crippen molar-refractivity contribution in [2.75, 3.05) is 4.90 Å². The first kappa shape index (κ1) is 15.6. The molecule has 0 amide bonds. The van der Waals surface area contributed by atoms with Gasteiger partial charge >= 0.3 is 0 Å². The molecule has 0 saturated heterocycles. The van der Waals surface area contributed by atoms with E-state index in [4.69, 9.17) is 0 Å². The summed E-state index contributed by atoms with van der Waals surface area (Å²) in [5.74, 6) is 0. The summed E-state index contributed by atoms with van der Waals surface area (Å²) in [4.78, 5) is 2.39. The van der Waals surface area contributed by atoms with E-state index in [1.807, 2.05) is 0 Å². The number of anilines is 2. The molecule has 2 aromatic carbocycles. The first-order chi connectivity index (χ1) is 9.79. The van der Waals surface area contributed by atoms with Crippen LogP contribution in [0.15, 0.2) is 48.5 Å². The maximum absolute atomic E-state index is 2.39. The number of hydrogen-bond donors (Lipinski definition) is 0. The van der Waals surface area contributed by atoms with Gasteiger partial charge in [0.1, 0.15) is 0 Å². The van der Waals surface area contributed by atoms with Gasteiger partial charge in [-0.05, 0) is 61.6 Å². The van der Waals surface area contributed by atoms with E-state index in [0.717, 1.165) is 0 Å². The molecule has 0 N–H and O–H groups in total. The quantitative estimate of drug-likeness (QED) is 0.683. The summed E-state index contributed by atoms with van der Waals surface area (Å²) in [6, 6.07) is 18.1. The number of aryl methyl sites for hydroxylation is 1. The summed E-state index contributed by atoms with van der Waals surface area (Å²) in [7, 11) is 0. The monoisotopic (exact) mass is 281 g/mol. The van der Waals surface area contributed by atoms with Gasteiger partial charge < -0.3 is 4.90 Å².